The molecule has 0 bridgehead atoms. The third-order valence-electron chi connectivity index (χ3n) is 1.99. The number of hydrogen-bond donors (Lipinski definition) is 1. The third-order valence-corrected chi connectivity index (χ3v) is 2.49. The van der Waals surface area contributed by atoms with Gasteiger partial charge in [0.1, 0.15) is 12.4 Å². The lowest BCUT2D eigenvalue weighted by Crippen LogP contribution is -1.96. The molecule has 84 valence electrons. The Balaban J connectivity index is 1.96. The topological polar surface area (TPSA) is 61.3 Å². The summed E-state index contributed by atoms with van der Waals surface area (Å²) in [7, 11) is 0. The molecule has 0 saturated carbocycles. The first-order valence-corrected chi connectivity index (χ1v) is 5.60. The zero-order valence-electron chi connectivity index (χ0n) is 8.52. The molecule has 2 rings (SSSR count). The fourth-order valence-corrected chi connectivity index (χ4v) is 1.61. The van der Waals surface area contributed by atoms with Gasteiger partial charge in [0, 0.05) is 17.1 Å². The SMILES string of the molecule is NCc1cc(COc2cccc(Br)c2)on1. The molecular weight excluding hydrogens is 272 g/mol. The summed E-state index contributed by atoms with van der Waals surface area (Å²) in [6.45, 7) is 0.726. The molecule has 0 unspecified atom stereocenters. The van der Waals surface area contributed by atoms with Gasteiger partial charge in [-0.1, -0.05) is 27.2 Å². The molecule has 1 heterocycles. The first kappa shape index (κ1) is 11.2. The quantitative estimate of drug-likeness (QED) is 0.936. The van der Waals surface area contributed by atoms with Crippen LogP contribution in [0.1, 0.15) is 11.5 Å². The van der Waals surface area contributed by atoms with E-state index >= 15 is 0 Å². The predicted octanol–water partition coefficient (Wildman–Crippen LogP) is 2.47. The number of nitrogens with zero attached hydrogens (tertiary/aromatic N) is 1. The van der Waals surface area contributed by atoms with E-state index in [1.165, 1.54) is 0 Å². The van der Waals surface area contributed by atoms with E-state index in [0.717, 1.165) is 15.9 Å². The largest absolute Gasteiger partial charge is 0.486 e. The Morgan fingerprint density at radius 2 is 2.25 bits per heavy atom. The summed E-state index contributed by atoms with van der Waals surface area (Å²) in [4.78, 5) is 0. The van der Waals surface area contributed by atoms with Gasteiger partial charge in [-0.3, -0.25) is 0 Å². The van der Waals surface area contributed by atoms with Crippen molar-refractivity contribution in [1.29, 1.82) is 0 Å². The van der Waals surface area contributed by atoms with Crippen molar-refractivity contribution in [3.63, 3.8) is 0 Å². The molecule has 0 aliphatic carbocycles. The smallest absolute Gasteiger partial charge is 0.174 e. The van der Waals surface area contributed by atoms with Crippen LogP contribution in [-0.4, -0.2) is 5.16 Å². The highest BCUT2D eigenvalue weighted by atomic mass is 79.9. The van der Waals surface area contributed by atoms with E-state index in [9.17, 15) is 0 Å². The lowest BCUT2D eigenvalue weighted by Gasteiger charge is -2.03. The Morgan fingerprint density at radius 1 is 1.38 bits per heavy atom. The number of aromatic nitrogens is 1. The van der Waals surface area contributed by atoms with Gasteiger partial charge in [-0.25, -0.2) is 0 Å². The van der Waals surface area contributed by atoms with E-state index in [4.69, 9.17) is 15.0 Å². The van der Waals surface area contributed by atoms with Crippen LogP contribution in [0.25, 0.3) is 0 Å². The second-order valence-corrected chi connectivity index (χ2v) is 4.15. The number of benzene rings is 1. The number of rotatable bonds is 4. The van der Waals surface area contributed by atoms with Gasteiger partial charge in [-0.2, -0.15) is 0 Å². The minimum Gasteiger partial charge on any atom is -0.486 e. The van der Waals surface area contributed by atoms with Crippen molar-refractivity contribution in [1.82, 2.24) is 5.16 Å². The monoisotopic (exact) mass is 282 g/mol. The fourth-order valence-electron chi connectivity index (χ4n) is 1.23. The van der Waals surface area contributed by atoms with Crippen LogP contribution in [0, 0.1) is 0 Å². The zero-order chi connectivity index (χ0) is 11.4. The first-order valence-electron chi connectivity index (χ1n) is 4.81. The summed E-state index contributed by atoms with van der Waals surface area (Å²) in [5.41, 5.74) is 6.15. The van der Waals surface area contributed by atoms with Crippen molar-refractivity contribution in [2.45, 2.75) is 13.2 Å². The molecular formula is C11H11BrN2O2. The highest BCUT2D eigenvalue weighted by Gasteiger charge is 2.03. The summed E-state index contributed by atoms with van der Waals surface area (Å²) >= 11 is 3.37. The zero-order valence-corrected chi connectivity index (χ0v) is 10.1. The van der Waals surface area contributed by atoms with Gasteiger partial charge < -0.3 is 15.0 Å². The van der Waals surface area contributed by atoms with Gasteiger partial charge in [-0.15, -0.1) is 0 Å². The number of nitrogens with two attached hydrogens (primary N) is 1. The van der Waals surface area contributed by atoms with E-state index in [1.807, 2.05) is 24.3 Å². The van der Waals surface area contributed by atoms with Crippen LogP contribution >= 0.6 is 15.9 Å². The maximum atomic E-state index is 5.53. The summed E-state index contributed by atoms with van der Waals surface area (Å²) in [5, 5.41) is 3.78. The van der Waals surface area contributed by atoms with Crippen molar-refractivity contribution in [3.8, 4) is 5.75 Å². The Hall–Kier alpha value is -1.33. The second kappa shape index (κ2) is 5.14. The molecule has 0 aliphatic rings. The van der Waals surface area contributed by atoms with Crippen molar-refractivity contribution < 1.29 is 9.26 Å². The van der Waals surface area contributed by atoms with Crippen LogP contribution in [0.15, 0.2) is 39.3 Å². The van der Waals surface area contributed by atoms with Gasteiger partial charge in [0.25, 0.3) is 0 Å². The summed E-state index contributed by atoms with van der Waals surface area (Å²) in [6.07, 6.45) is 0. The van der Waals surface area contributed by atoms with Crippen LogP contribution in [0.2, 0.25) is 0 Å². The summed E-state index contributed by atoms with van der Waals surface area (Å²) in [6, 6.07) is 9.40. The average molecular weight is 283 g/mol. The fraction of sp³-hybridized carbons (Fsp3) is 0.182. The molecule has 0 radical (unpaired) electrons. The minimum atomic E-state index is 0.351. The molecule has 0 atom stereocenters. The van der Waals surface area contributed by atoms with E-state index in [0.29, 0.717) is 18.9 Å². The molecule has 0 aliphatic heterocycles. The normalized spacial score (nSPS) is 10.4. The van der Waals surface area contributed by atoms with Crippen LogP contribution < -0.4 is 10.5 Å². The maximum Gasteiger partial charge on any atom is 0.174 e. The Morgan fingerprint density at radius 3 is 2.94 bits per heavy atom. The Kier molecular flexibility index (Phi) is 3.58. The van der Waals surface area contributed by atoms with E-state index in [-0.39, 0.29) is 0 Å². The van der Waals surface area contributed by atoms with Gasteiger partial charge in [0.05, 0.1) is 5.69 Å². The summed E-state index contributed by atoms with van der Waals surface area (Å²) < 4.78 is 11.5. The minimum absolute atomic E-state index is 0.351. The van der Waals surface area contributed by atoms with Gasteiger partial charge >= 0.3 is 0 Å². The molecule has 2 N–H and O–H groups in total. The highest BCUT2D eigenvalue weighted by Crippen LogP contribution is 2.18. The lowest BCUT2D eigenvalue weighted by atomic mass is 10.3. The van der Waals surface area contributed by atoms with E-state index in [1.54, 1.807) is 6.07 Å². The molecule has 4 nitrogen and oxygen atoms in total. The summed E-state index contributed by atoms with van der Waals surface area (Å²) in [5.74, 6) is 1.44. The third kappa shape index (κ3) is 2.84. The van der Waals surface area contributed by atoms with Crippen LogP contribution in [-0.2, 0) is 13.2 Å². The van der Waals surface area contributed by atoms with E-state index in [2.05, 4.69) is 21.1 Å². The van der Waals surface area contributed by atoms with Crippen molar-refractivity contribution >= 4 is 15.9 Å². The molecule has 16 heavy (non-hydrogen) atoms. The van der Waals surface area contributed by atoms with Crippen molar-refractivity contribution in [3.05, 3.63) is 46.3 Å². The maximum absolute atomic E-state index is 5.53. The van der Waals surface area contributed by atoms with Gasteiger partial charge in [0.2, 0.25) is 0 Å². The number of ether oxygens (including phenoxy) is 1. The predicted molar refractivity (Wildman–Crippen MR) is 62.9 cm³/mol. The molecule has 1 aromatic carbocycles. The number of halogens is 1. The van der Waals surface area contributed by atoms with Gasteiger partial charge in [0.15, 0.2) is 5.76 Å². The molecule has 5 heteroatoms. The van der Waals surface area contributed by atoms with Crippen molar-refractivity contribution in [2.75, 3.05) is 0 Å². The standard InChI is InChI=1S/C11H11BrN2O2/c12-8-2-1-3-10(4-8)15-7-11-5-9(6-13)14-16-11/h1-5H,6-7,13H2. The van der Waals surface area contributed by atoms with Crippen molar-refractivity contribution in [2.24, 2.45) is 5.73 Å². The van der Waals surface area contributed by atoms with E-state index < -0.39 is 0 Å². The van der Waals surface area contributed by atoms with Crippen LogP contribution in [0.3, 0.4) is 0 Å². The lowest BCUT2D eigenvalue weighted by molar-refractivity contribution is 0.248. The molecule has 1 aromatic heterocycles. The number of hydrogen-bond acceptors (Lipinski definition) is 4. The second-order valence-electron chi connectivity index (χ2n) is 3.23. The molecule has 2 aromatic rings. The molecule has 0 saturated heterocycles. The van der Waals surface area contributed by atoms with Crippen LogP contribution in [0.4, 0.5) is 0 Å². The molecule has 0 spiro atoms. The highest BCUT2D eigenvalue weighted by molar-refractivity contribution is 9.10. The Labute approximate surface area is 102 Å². The van der Waals surface area contributed by atoms with Crippen LogP contribution in [0.5, 0.6) is 5.75 Å². The average Bonchev–Trinajstić information content (AvgIpc) is 2.74. The Bertz CT molecular complexity index is 471. The van der Waals surface area contributed by atoms with Gasteiger partial charge in [-0.05, 0) is 18.2 Å². The molecule has 0 amide bonds. The first-order chi connectivity index (χ1) is 7.78. The molecule has 0 fully saturated rings.